The lowest BCUT2D eigenvalue weighted by Crippen LogP contribution is -2.51. The zero-order valence-electron chi connectivity index (χ0n) is 28.2. The molecule has 0 spiro atoms. The van der Waals surface area contributed by atoms with Crippen LogP contribution in [0.15, 0.2) is 11.6 Å². The van der Waals surface area contributed by atoms with E-state index in [0.717, 1.165) is 93.3 Å². The summed E-state index contributed by atoms with van der Waals surface area (Å²) in [7, 11) is 0. The Balaban J connectivity index is 1.19. The number of fused-ring (bicyclic) bond motifs is 5. The molecule has 3 saturated carbocycles. The molecule has 43 heavy (non-hydrogen) atoms. The molecule has 0 radical (unpaired) electrons. The second-order valence-electron chi connectivity index (χ2n) is 15.8. The number of alkyl carbamates (subject to hydrolysis) is 1. The SMILES string of the molecule is CC(C)CCCC(C)[C@H]1CC[C@H]2[C@@H]3CC=C4C[C@@H](OC(=O)NCCCCCCCCNC(=O)O)CC[C@]4(C)[C@H]3CC[C@]12C. The molecule has 0 aromatic heterocycles. The first-order valence-electron chi connectivity index (χ1n) is 18.2. The van der Waals surface area contributed by atoms with Gasteiger partial charge in [-0.1, -0.05) is 91.2 Å². The van der Waals surface area contributed by atoms with Gasteiger partial charge in [0.15, 0.2) is 0 Å². The van der Waals surface area contributed by atoms with E-state index < -0.39 is 6.09 Å². The van der Waals surface area contributed by atoms with Gasteiger partial charge < -0.3 is 20.5 Å². The zero-order valence-corrected chi connectivity index (χ0v) is 28.2. The Bertz CT molecular complexity index is 949. The Morgan fingerprint density at radius 2 is 1.58 bits per heavy atom. The van der Waals surface area contributed by atoms with Crippen LogP contribution in [-0.2, 0) is 4.74 Å². The number of carbonyl (C=O) groups excluding carboxylic acids is 1. The van der Waals surface area contributed by atoms with Gasteiger partial charge in [-0.2, -0.15) is 0 Å². The van der Waals surface area contributed by atoms with Gasteiger partial charge >= 0.3 is 12.2 Å². The predicted octanol–water partition coefficient (Wildman–Crippen LogP) is 9.73. The van der Waals surface area contributed by atoms with Crippen LogP contribution in [0.25, 0.3) is 0 Å². The van der Waals surface area contributed by atoms with Crippen molar-refractivity contribution in [3.63, 3.8) is 0 Å². The normalized spacial score (nSPS) is 34.0. The minimum absolute atomic E-state index is 0.00620. The average molecular weight is 601 g/mol. The van der Waals surface area contributed by atoms with Crippen LogP contribution in [-0.4, -0.2) is 36.5 Å². The first-order valence-corrected chi connectivity index (χ1v) is 18.2. The van der Waals surface area contributed by atoms with Crippen molar-refractivity contribution in [3.8, 4) is 0 Å². The van der Waals surface area contributed by atoms with E-state index in [4.69, 9.17) is 9.84 Å². The van der Waals surface area contributed by atoms with E-state index in [1.807, 2.05) is 0 Å². The van der Waals surface area contributed by atoms with Crippen LogP contribution in [0, 0.1) is 46.3 Å². The molecule has 0 saturated heterocycles. The molecule has 2 amide bonds. The summed E-state index contributed by atoms with van der Waals surface area (Å²) in [5.74, 6) is 5.09. The molecular formula is C37H64N2O4. The van der Waals surface area contributed by atoms with Gasteiger partial charge in [0.05, 0.1) is 0 Å². The third kappa shape index (κ3) is 8.51. The number of amides is 2. The minimum atomic E-state index is -0.948. The van der Waals surface area contributed by atoms with E-state index in [1.54, 1.807) is 5.57 Å². The molecule has 4 rings (SSSR count). The third-order valence-electron chi connectivity index (χ3n) is 12.7. The number of unbranched alkanes of at least 4 members (excludes halogenated alkanes) is 5. The van der Waals surface area contributed by atoms with Gasteiger partial charge in [-0.05, 0) is 104 Å². The van der Waals surface area contributed by atoms with Crippen molar-refractivity contribution in [1.82, 2.24) is 10.6 Å². The van der Waals surface area contributed by atoms with Crippen LogP contribution in [0.1, 0.15) is 144 Å². The fourth-order valence-corrected chi connectivity index (χ4v) is 10.3. The third-order valence-corrected chi connectivity index (χ3v) is 12.7. The van der Waals surface area contributed by atoms with Crippen LogP contribution in [0.4, 0.5) is 9.59 Å². The van der Waals surface area contributed by atoms with Gasteiger partial charge in [0.25, 0.3) is 0 Å². The molecular weight excluding hydrogens is 536 g/mol. The van der Waals surface area contributed by atoms with Crippen molar-refractivity contribution in [1.29, 1.82) is 0 Å². The molecule has 3 fully saturated rings. The van der Waals surface area contributed by atoms with Gasteiger partial charge in [-0.3, -0.25) is 0 Å². The molecule has 1 unspecified atom stereocenters. The number of allylic oxidation sites excluding steroid dienone is 1. The van der Waals surface area contributed by atoms with Crippen molar-refractivity contribution in [2.45, 2.75) is 150 Å². The lowest BCUT2D eigenvalue weighted by Gasteiger charge is -2.58. The molecule has 4 aliphatic carbocycles. The molecule has 8 atom stereocenters. The second kappa shape index (κ2) is 15.5. The van der Waals surface area contributed by atoms with Gasteiger partial charge in [-0.15, -0.1) is 0 Å². The Kier molecular flexibility index (Phi) is 12.3. The monoisotopic (exact) mass is 600 g/mol. The Morgan fingerprint density at radius 1 is 0.884 bits per heavy atom. The molecule has 0 aliphatic heterocycles. The quantitative estimate of drug-likeness (QED) is 0.129. The molecule has 6 heteroatoms. The van der Waals surface area contributed by atoms with Gasteiger partial charge in [0.2, 0.25) is 0 Å². The molecule has 0 aromatic rings. The summed E-state index contributed by atoms with van der Waals surface area (Å²) in [5, 5.41) is 14.0. The highest BCUT2D eigenvalue weighted by Crippen LogP contribution is 2.67. The van der Waals surface area contributed by atoms with Gasteiger partial charge in [-0.25, -0.2) is 9.59 Å². The Morgan fingerprint density at radius 3 is 2.28 bits per heavy atom. The van der Waals surface area contributed by atoms with E-state index in [1.165, 1.54) is 51.4 Å². The fourth-order valence-electron chi connectivity index (χ4n) is 10.3. The highest BCUT2D eigenvalue weighted by atomic mass is 16.6. The van der Waals surface area contributed by atoms with Crippen molar-refractivity contribution in [2.75, 3.05) is 13.1 Å². The zero-order chi connectivity index (χ0) is 31.0. The number of carboxylic acid groups (broad SMARTS) is 1. The van der Waals surface area contributed by atoms with Gasteiger partial charge in [0, 0.05) is 19.5 Å². The number of carbonyl (C=O) groups is 2. The maximum absolute atomic E-state index is 12.6. The summed E-state index contributed by atoms with van der Waals surface area (Å²) in [6.45, 7) is 13.7. The molecule has 0 heterocycles. The number of hydrogen-bond donors (Lipinski definition) is 3. The van der Waals surface area contributed by atoms with Crippen molar-refractivity contribution in [2.24, 2.45) is 46.3 Å². The van der Waals surface area contributed by atoms with E-state index in [0.29, 0.717) is 18.5 Å². The van der Waals surface area contributed by atoms with Crippen molar-refractivity contribution in [3.05, 3.63) is 11.6 Å². The highest BCUT2D eigenvalue weighted by Gasteiger charge is 2.59. The summed E-state index contributed by atoms with van der Waals surface area (Å²) >= 11 is 0. The average Bonchev–Trinajstić information content (AvgIpc) is 3.31. The van der Waals surface area contributed by atoms with E-state index in [2.05, 4.69) is 51.3 Å². The topological polar surface area (TPSA) is 87.7 Å². The molecule has 3 N–H and O–H groups in total. The standard InChI is InChI=1S/C37H64N2O4/c1-26(2)13-12-14-27(3)31-17-18-32-30-16-15-28-25-29(19-21-36(28,4)33(30)20-22-37(31,32)5)43-35(42)39-24-11-9-7-6-8-10-23-38-34(40)41/h15,26-27,29-33,38H,6-14,16-25H2,1-5H3,(H,39,42)(H,40,41)/t27?,29-,30-,31+,32-,33-,36-,37+/m0/s1. The van der Waals surface area contributed by atoms with Crippen LogP contribution in [0.2, 0.25) is 0 Å². The lowest BCUT2D eigenvalue weighted by atomic mass is 9.47. The summed E-state index contributed by atoms with van der Waals surface area (Å²) in [6, 6.07) is 0. The fraction of sp³-hybridized carbons (Fsp3) is 0.892. The first kappa shape index (κ1) is 34.2. The second-order valence-corrected chi connectivity index (χ2v) is 15.8. The van der Waals surface area contributed by atoms with Crippen molar-refractivity contribution >= 4 is 12.2 Å². The maximum atomic E-state index is 12.6. The molecule has 4 aliphatic rings. The van der Waals surface area contributed by atoms with E-state index in [-0.39, 0.29) is 17.6 Å². The maximum Gasteiger partial charge on any atom is 0.407 e. The number of hydrogen-bond acceptors (Lipinski definition) is 3. The molecule has 0 aromatic carbocycles. The summed E-state index contributed by atoms with van der Waals surface area (Å²) in [5.41, 5.74) is 2.39. The molecule has 246 valence electrons. The lowest BCUT2D eigenvalue weighted by molar-refractivity contribution is -0.0581. The number of ether oxygens (including phenoxy) is 1. The molecule has 0 bridgehead atoms. The van der Waals surface area contributed by atoms with Crippen LogP contribution >= 0.6 is 0 Å². The van der Waals surface area contributed by atoms with Crippen LogP contribution in [0.3, 0.4) is 0 Å². The Labute approximate surface area is 262 Å². The number of nitrogens with one attached hydrogen (secondary N) is 2. The Hall–Kier alpha value is -1.72. The van der Waals surface area contributed by atoms with Crippen LogP contribution < -0.4 is 10.6 Å². The predicted molar refractivity (Wildman–Crippen MR) is 175 cm³/mol. The number of rotatable bonds is 15. The summed E-state index contributed by atoms with van der Waals surface area (Å²) in [4.78, 5) is 23.0. The van der Waals surface area contributed by atoms with Crippen molar-refractivity contribution < 1.29 is 19.4 Å². The highest BCUT2D eigenvalue weighted by molar-refractivity contribution is 5.67. The summed E-state index contributed by atoms with van der Waals surface area (Å²) in [6.07, 6.45) is 21.7. The smallest absolute Gasteiger partial charge is 0.407 e. The minimum Gasteiger partial charge on any atom is -0.465 e. The largest absolute Gasteiger partial charge is 0.465 e. The van der Waals surface area contributed by atoms with Gasteiger partial charge in [0.1, 0.15) is 6.10 Å². The van der Waals surface area contributed by atoms with E-state index >= 15 is 0 Å². The summed E-state index contributed by atoms with van der Waals surface area (Å²) < 4.78 is 5.94. The van der Waals surface area contributed by atoms with E-state index in [9.17, 15) is 9.59 Å². The molecule has 6 nitrogen and oxygen atoms in total. The van der Waals surface area contributed by atoms with Crippen LogP contribution in [0.5, 0.6) is 0 Å². The first-order chi connectivity index (χ1) is 20.5.